The van der Waals surface area contributed by atoms with Crippen LogP contribution in [0.1, 0.15) is 50.6 Å². The second kappa shape index (κ2) is 10.2. The highest BCUT2D eigenvalue weighted by Gasteiger charge is 2.36. The Labute approximate surface area is 219 Å². The van der Waals surface area contributed by atoms with E-state index in [1.165, 1.54) is 0 Å². The van der Waals surface area contributed by atoms with E-state index in [2.05, 4.69) is 50.1 Å². The molecule has 3 aromatic rings. The topological polar surface area (TPSA) is 89.7 Å². The molecule has 0 saturated carbocycles. The molecule has 1 fully saturated rings. The van der Waals surface area contributed by atoms with Crippen LogP contribution in [0.2, 0.25) is 0 Å². The Morgan fingerprint density at radius 3 is 2.83 bits per heavy atom. The number of likely N-dealkylation sites (tertiary alicyclic amines) is 1. The third-order valence-electron chi connectivity index (χ3n) is 6.80. The van der Waals surface area contributed by atoms with Crippen molar-refractivity contribution in [3.8, 4) is 22.9 Å². The van der Waals surface area contributed by atoms with Crippen molar-refractivity contribution >= 4 is 21.8 Å². The van der Waals surface area contributed by atoms with Crippen LogP contribution >= 0.6 is 15.9 Å². The molecular formula is C27H31BrN4O4. The summed E-state index contributed by atoms with van der Waals surface area (Å²) in [6.07, 6.45) is 2.49. The number of ether oxygens (including phenoxy) is 2. The molecule has 2 aliphatic heterocycles. The number of benzene rings is 2. The van der Waals surface area contributed by atoms with E-state index < -0.39 is 0 Å². The molecule has 8 nitrogen and oxygen atoms in total. The number of amides is 1. The van der Waals surface area contributed by atoms with Gasteiger partial charge in [-0.05, 0) is 75.7 Å². The molecular weight excluding hydrogens is 524 g/mol. The molecule has 2 aliphatic rings. The lowest BCUT2D eigenvalue weighted by Crippen LogP contribution is -2.46. The van der Waals surface area contributed by atoms with Gasteiger partial charge in [0.2, 0.25) is 17.6 Å². The zero-order chi connectivity index (χ0) is 25.3. The van der Waals surface area contributed by atoms with Crippen LogP contribution in [-0.2, 0) is 11.3 Å². The summed E-state index contributed by atoms with van der Waals surface area (Å²) in [6, 6.07) is 13.4. The maximum Gasteiger partial charge on any atom is 0.241 e. The van der Waals surface area contributed by atoms with Crippen molar-refractivity contribution < 1.29 is 18.8 Å². The fraction of sp³-hybridized carbons (Fsp3) is 0.444. The summed E-state index contributed by atoms with van der Waals surface area (Å²) in [6.45, 7) is 6.17. The number of fused-ring (bicyclic) bond motifs is 1. The normalized spacial score (nSPS) is 21.3. The summed E-state index contributed by atoms with van der Waals surface area (Å²) < 4.78 is 18.1. The van der Waals surface area contributed by atoms with E-state index in [1.54, 1.807) is 7.11 Å². The molecule has 1 saturated heterocycles. The van der Waals surface area contributed by atoms with Gasteiger partial charge in [0.25, 0.3) is 0 Å². The maximum absolute atomic E-state index is 13.4. The first-order valence-electron chi connectivity index (χ1n) is 12.3. The van der Waals surface area contributed by atoms with E-state index >= 15 is 0 Å². The second-order valence-electron chi connectivity index (χ2n) is 10.1. The van der Waals surface area contributed by atoms with Gasteiger partial charge in [-0.1, -0.05) is 21.1 Å². The fourth-order valence-corrected chi connectivity index (χ4v) is 5.28. The van der Waals surface area contributed by atoms with Crippen LogP contribution in [0, 0.1) is 5.92 Å². The predicted molar refractivity (Wildman–Crippen MR) is 139 cm³/mol. The molecule has 0 radical (unpaired) electrons. The average molecular weight is 555 g/mol. The minimum Gasteiger partial charge on any atom is -0.497 e. The zero-order valence-electron chi connectivity index (χ0n) is 20.8. The van der Waals surface area contributed by atoms with Crippen LogP contribution in [0.3, 0.4) is 0 Å². The van der Waals surface area contributed by atoms with E-state index in [9.17, 15) is 4.79 Å². The molecule has 1 amide bonds. The van der Waals surface area contributed by atoms with E-state index in [0.29, 0.717) is 31.2 Å². The molecule has 1 aromatic heterocycles. The first-order chi connectivity index (χ1) is 17.3. The maximum atomic E-state index is 13.4. The van der Waals surface area contributed by atoms with Crippen LogP contribution in [0.4, 0.5) is 0 Å². The molecule has 0 aliphatic carbocycles. The number of hydrogen-bond donors (Lipinski definition) is 1. The number of hydrogen-bond acceptors (Lipinski definition) is 7. The SMILES string of the molecule is COc1ccc2c(c1)C(NC(=O)C1CCCN(Cc3nc(-c4ccc(Br)cc4)no3)C1)CC(C)(C)O2. The number of methoxy groups -OCH3 is 1. The Hall–Kier alpha value is -2.91. The fourth-order valence-electron chi connectivity index (χ4n) is 5.02. The molecule has 2 aromatic carbocycles. The second-order valence-corrected chi connectivity index (χ2v) is 11.0. The Bertz CT molecular complexity index is 1230. The van der Waals surface area contributed by atoms with Gasteiger partial charge in [0.1, 0.15) is 17.1 Å². The number of carbonyl (C=O) groups excluding carboxylic acids is 1. The van der Waals surface area contributed by atoms with Crippen LogP contribution in [-0.4, -0.2) is 46.7 Å². The Balaban J connectivity index is 1.24. The molecule has 5 rings (SSSR count). The Kier molecular flexibility index (Phi) is 7.03. The molecule has 1 N–H and O–H groups in total. The monoisotopic (exact) mass is 554 g/mol. The van der Waals surface area contributed by atoms with Crippen LogP contribution < -0.4 is 14.8 Å². The highest BCUT2D eigenvalue weighted by Crippen LogP contribution is 2.41. The molecule has 3 heterocycles. The lowest BCUT2D eigenvalue weighted by Gasteiger charge is -2.39. The summed E-state index contributed by atoms with van der Waals surface area (Å²) in [4.78, 5) is 20.2. The number of halogens is 1. The molecule has 9 heteroatoms. The van der Waals surface area contributed by atoms with Gasteiger partial charge >= 0.3 is 0 Å². The van der Waals surface area contributed by atoms with E-state index in [0.717, 1.165) is 46.5 Å². The number of rotatable bonds is 6. The first kappa shape index (κ1) is 24.8. The highest BCUT2D eigenvalue weighted by molar-refractivity contribution is 9.10. The molecule has 2 unspecified atom stereocenters. The quantitative estimate of drug-likeness (QED) is 0.451. The van der Waals surface area contributed by atoms with Crippen molar-refractivity contribution in [2.75, 3.05) is 20.2 Å². The third-order valence-corrected chi connectivity index (χ3v) is 7.33. The van der Waals surface area contributed by atoms with Gasteiger partial charge in [-0.2, -0.15) is 4.98 Å². The van der Waals surface area contributed by atoms with Crippen molar-refractivity contribution in [2.45, 2.75) is 51.3 Å². The van der Waals surface area contributed by atoms with Gasteiger partial charge in [0, 0.05) is 28.6 Å². The van der Waals surface area contributed by atoms with Crippen molar-refractivity contribution in [3.05, 3.63) is 58.4 Å². The molecule has 0 bridgehead atoms. The van der Waals surface area contributed by atoms with Gasteiger partial charge in [-0.3, -0.25) is 9.69 Å². The lowest BCUT2D eigenvalue weighted by atomic mass is 9.88. The van der Waals surface area contributed by atoms with Gasteiger partial charge in [0.15, 0.2) is 0 Å². The first-order valence-corrected chi connectivity index (χ1v) is 13.1. The molecule has 0 spiro atoms. The summed E-state index contributed by atoms with van der Waals surface area (Å²) in [7, 11) is 1.64. The van der Waals surface area contributed by atoms with Crippen LogP contribution in [0.5, 0.6) is 11.5 Å². The molecule has 190 valence electrons. The number of nitrogens with one attached hydrogen (secondary N) is 1. The van der Waals surface area contributed by atoms with Crippen molar-refractivity contribution in [1.29, 1.82) is 0 Å². The molecule has 36 heavy (non-hydrogen) atoms. The van der Waals surface area contributed by atoms with E-state index in [-0.39, 0.29) is 23.5 Å². The smallest absolute Gasteiger partial charge is 0.241 e. The van der Waals surface area contributed by atoms with Gasteiger partial charge < -0.3 is 19.3 Å². The van der Waals surface area contributed by atoms with E-state index in [1.807, 2.05) is 42.5 Å². The summed E-state index contributed by atoms with van der Waals surface area (Å²) >= 11 is 3.44. The predicted octanol–water partition coefficient (Wildman–Crippen LogP) is 5.14. The lowest BCUT2D eigenvalue weighted by molar-refractivity contribution is -0.128. The number of nitrogens with zero attached hydrogens (tertiary/aromatic N) is 3. The summed E-state index contributed by atoms with van der Waals surface area (Å²) in [5, 5.41) is 7.44. The third kappa shape index (κ3) is 5.57. The number of piperidine rings is 1. The Morgan fingerprint density at radius 2 is 2.06 bits per heavy atom. The van der Waals surface area contributed by atoms with E-state index in [4.69, 9.17) is 14.0 Å². The van der Waals surface area contributed by atoms with Crippen LogP contribution in [0.15, 0.2) is 51.5 Å². The largest absolute Gasteiger partial charge is 0.497 e. The average Bonchev–Trinajstić information content (AvgIpc) is 3.32. The minimum absolute atomic E-state index is 0.0669. The standard InChI is InChI=1S/C27H31BrN4O4/c1-27(2)14-22(21-13-20(34-3)10-11-23(21)35-27)29-26(33)18-5-4-12-32(15-18)16-24-30-25(31-36-24)17-6-8-19(28)9-7-17/h6-11,13,18,22H,4-5,12,14-16H2,1-3H3,(H,29,33). The summed E-state index contributed by atoms with van der Waals surface area (Å²) in [5.41, 5.74) is 1.49. The number of carbonyl (C=O) groups is 1. The van der Waals surface area contributed by atoms with Crippen molar-refractivity contribution in [1.82, 2.24) is 20.4 Å². The minimum atomic E-state index is -0.372. The number of aromatic nitrogens is 2. The summed E-state index contributed by atoms with van der Waals surface area (Å²) in [5.74, 6) is 2.63. The van der Waals surface area contributed by atoms with Gasteiger partial charge in [-0.15, -0.1) is 0 Å². The molecule has 2 atom stereocenters. The van der Waals surface area contributed by atoms with Crippen molar-refractivity contribution in [2.24, 2.45) is 5.92 Å². The Morgan fingerprint density at radius 1 is 1.25 bits per heavy atom. The highest BCUT2D eigenvalue weighted by atomic mass is 79.9. The van der Waals surface area contributed by atoms with Crippen LogP contribution in [0.25, 0.3) is 11.4 Å². The van der Waals surface area contributed by atoms with Gasteiger partial charge in [0.05, 0.1) is 25.6 Å². The zero-order valence-corrected chi connectivity index (χ0v) is 22.4. The van der Waals surface area contributed by atoms with Gasteiger partial charge in [-0.25, -0.2) is 0 Å². The van der Waals surface area contributed by atoms with Crippen molar-refractivity contribution in [3.63, 3.8) is 0 Å².